The van der Waals surface area contributed by atoms with Crippen molar-refractivity contribution >= 4 is 40.3 Å². The van der Waals surface area contributed by atoms with Gasteiger partial charge >= 0.3 is 12.1 Å². The fourth-order valence-corrected chi connectivity index (χ4v) is 4.55. The van der Waals surface area contributed by atoms with E-state index in [1.807, 2.05) is 60.8 Å². The molecule has 9 heteroatoms. The highest BCUT2D eigenvalue weighted by Crippen LogP contribution is 2.38. The number of carbonyl (C=O) groups is 2. The molecule has 3 aromatic carbocycles. The van der Waals surface area contributed by atoms with E-state index in [-0.39, 0.29) is 6.42 Å². The number of ether oxygens (including phenoxy) is 1. The molecule has 3 N–H and O–H groups in total. The first-order valence-electron chi connectivity index (χ1n) is 11.5. The summed E-state index contributed by atoms with van der Waals surface area (Å²) < 4.78 is 11.0. The number of nitrogens with zero attached hydrogens (tertiary/aromatic N) is 1. The van der Waals surface area contributed by atoms with Gasteiger partial charge < -0.3 is 19.4 Å². The van der Waals surface area contributed by atoms with E-state index in [1.165, 1.54) is 6.20 Å². The molecule has 2 aromatic heterocycles. The van der Waals surface area contributed by atoms with Crippen LogP contribution in [-0.4, -0.2) is 27.3 Å². The van der Waals surface area contributed by atoms with E-state index in [9.17, 15) is 9.59 Å². The van der Waals surface area contributed by atoms with Crippen LogP contribution in [0, 0.1) is 0 Å². The summed E-state index contributed by atoms with van der Waals surface area (Å²) in [6.45, 7) is 1.74. The minimum atomic E-state index is -0.871. The summed E-state index contributed by atoms with van der Waals surface area (Å²) in [5.74, 6) is -0.498. The maximum Gasteiger partial charge on any atom is 0.412 e. The molecule has 5 aromatic rings. The fraction of sp³-hybridized carbons (Fsp3) is 0.107. The van der Waals surface area contributed by atoms with Crippen molar-refractivity contribution in [3.63, 3.8) is 0 Å². The first-order chi connectivity index (χ1) is 17.9. The summed E-state index contributed by atoms with van der Waals surface area (Å²) in [6, 6.07) is 20.4. The van der Waals surface area contributed by atoms with Gasteiger partial charge in [-0.2, -0.15) is 0 Å². The van der Waals surface area contributed by atoms with Gasteiger partial charge in [-0.1, -0.05) is 65.3 Å². The van der Waals surface area contributed by atoms with E-state index in [4.69, 9.17) is 26.0 Å². The number of carboxylic acids is 1. The number of aromatic nitrogens is 2. The van der Waals surface area contributed by atoms with Crippen LogP contribution in [0.5, 0.6) is 0 Å². The number of anilines is 1. The number of nitrogens with one attached hydrogen (secondary N) is 2. The molecule has 0 spiro atoms. The second kappa shape index (κ2) is 10.2. The Kier molecular flexibility index (Phi) is 6.66. The maximum atomic E-state index is 12.6. The number of fused-ring (bicyclic) bond motifs is 1. The molecule has 0 radical (unpaired) electrons. The highest BCUT2D eigenvalue weighted by Gasteiger charge is 2.20. The lowest BCUT2D eigenvalue weighted by atomic mass is 9.97. The third-order valence-corrected chi connectivity index (χ3v) is 6.37. The van der Waals surface area contributed by atoms with E-state index >= 15 is 0 Å². The molecule has 0 saturated heterocycles. The Morgan fingerprint density at radius 3 is 2.59 bits per heavy atom. The minimum absolute atomic E-state index is 0.0281. The average Bonchev–Trinajstić information content (AvgIpc) is 3.54. The topological polar surface area (TPSA) is 117 Å². The first kappa shape index (κ1) is 24.1. The monoisotopic (exact) mass is 515 g/mol. The van der Waals surface area contributed by atoms with Crippen LogP contribution < -0.4 is 5.32 Å². The van der Waals surface area contributed by atoms with E-state index in [0.29, 0.717) is 27.6 Å². The van der Waals surface area contributed by atoms with Crippen LogP contribution >= 0.6 is 11.6 Å². The van der Waals surface area contributed by atoms with Gasteiger partial charge in [0.05, 0.1) is 18.1 Å². The smallest absolute Gasteiger partial charge is 0.412 e. The number of aromatic amines is 1. The Morgan fingerprint density at radius 2 is 1.84 bits per heavy atom. The summed E-state index contributed by atoms with van der Waals surface area (Å²) >= 11 is 6.22. The zero-order valence-electron chi connectivity index (χ0n) is 19.7. The predicted molar refractivity (Wildman–Crippen MR) is 141 cm³/mol. The van der Waals surface area contributed by atoms with Gasteiger partial charge in [-0.25, -0.2) is 4.79 Å². The predicted octanol–water partition coefficient (Wildman–Crippen LogP) is 7.08. The molecule has 2 heterocycles. The Labute approximate surface area is 216 Å². The van der Waals surface area contributed by atoms with Gasteiger partial charge in [0, 0.05) is 27.7 Å². The third-order valence-electron chi connectivity index (χ3n) is 6.02. The van der Waals surface area contributed by atoms with Crippen molar-refractivity contribution in [1.82, 2.24) is 10.1 Å². The quantitative estimate of drug-likeness (QED) is 0.213. The Bertz CT molecular complexity index is 1590. The van der Waals surface area contributed by atoms with Crippen molar-refractivity contribution < 1.29 is 24.0 Å². The summed E-state index contributed by atoms with van der Waals surface area (Å²) in [7, 11) is 0. The van der Waals surface area contributed by atoms with Crippen molar-refractivity contribution in [2.24, 2.45) is 0 Å². The lowest BCUT2D eigenvalue weighted by Gasteiger charge is -2.15. The normalized spacial score (nSPS) is 11.8. The van der Waals surface area contributed by atoms with Gasteiger partial charge in [-0.15, -0.1) is 0 Å². The molecule has 0 bridgehead atoms. The number of hydrogen-bond acceptors (Lipinski definition) is 5. The number of H-pyrrole nitrogens is 1. The second-order valence-corrected chi connectivity index (χ2v) is 8.86. The lowest BCUT2D eigenvalue weighted by Crippen LogP contribution is -2.16. The van der Waals surface area contributed by atoms with Crippen molar-refractivity contribution in [2.75, 3.05) is 5.32 Å². The molecule has 37 heavy (non-hydrogen) atoms. The van der Waals surface area contributed by atoms with Gasteiger partial charge in [-0.3, -0.25) is 10.1 Å². The number of benzene rings is 3. The number of amides is 1. The van der Waals surface area contributed by atoms with Crippen LogP contribution in [0.25, 0.3) is 33.4 Å². The molecule has 8 nitrogen and oxygen atoms in total. The molecule has 1 atom stereocenters. The number of hydrogen-bond donors (Lipinski definition) is 3. The molecule has 0 saturated carbocycles. The summed E-state index contributed by atoms with van der Waals surface area (Å²) in [5.41, 5.74) is 5.19. The molecular weight excluding hydrogens is 494 g/mol. The van der Waals surface area contributed by atoms with Crippen LogP contribution in [0.15, 0.2) is 83.6 Å². The summed E-state index contributed by atoms with van der Waals surface area (Å²) in [6.07, 6.45) is 1.98. The Hall–Kier alpha value is -4.56. The van der Waals surface area contributed by atoms with Gasteiger partial charge in [0.15, 0.2) is 5.76 Å². The molecule has 0 aliphatic heterocycles. The van der Waals surface area contributed by atoms with Crippen LogP contribution in [0.1, 0.15) is 24.2 Å². The molecular formula is C28H22ClN3O5. The van der Waals surface area contributed by atoms with Crippen molar-refractivity contribution in [2.45, 2.75) is 19.4 Å². The minimum Gasteiger partial charge on any atom is -0.481 e. The average molecular weight is 516 g/mol. The van der Waals surface area contributed by atoms with Crippen molar-refractivity contribution in [1.29, 1.82) is 0 Å². The fourth-order valence-electron chi connectivity index (χ4n) is 4.27. The second-order valence-electron chi connectivity index (χ2n) is 8.46. The SMILES string of the molecule is CC(OC(=O)Nc1cnoc1-c1ccc(-c2ccc(CC(=O)O)cc2)c2cc[nH]c12)c1ccccc1Cl. The van der Waals surface area contributed by atoms with Crippen LogP contribution in [0.4, 0.5) is 10.5 Å². The molecule has 1 unspecified atom stereocenters. The van der Waals surface area contributed by atoms with Gasteiger partial charge in [0.1, 0.15) is 11.8 Å². The number of halogens is 1. The molecule has 0 fully saturated rings. The number of rotatable bonds is 7. The standard InChI is InChI=1S/C28H22ClN3O5/c1-16(19-4-2-3-5-23(19)29)36-28(35)32-24-15-31-37-27(24)22-11-10-20(21-12-13-30-26(21)22)18-8-6-17(7-9-18)14-25(33)34/h2-13,15-16,30H,14H2,1H3,(H,32,35)(H,33,34). The zero-order chi connectivity index (χ0) is 25.9. The number of carboxylic acid groups (broad SMARTS) is 1. The molecule has 186 valence electrons. The molecule has 0 aliphatic carbocycles. The van der Waals surface area contributed by atoms with E-state index in [2.05, 4.69) is 15.5 Å². The molecule has 1 amide bonds. The van der Waals surface area contributed by atoms with Gasteiger partial charge in [-0.05, 0) is 41.8 Å². The van der Waals surface area contributed by atoms with Gasteiger partial charge in [0.25, 0.3) is 0 Å². The largest absolute Gasteiger partial charge is 0.481 e. The Morgan fingerprint density at radius 1 is 1.08 bits per heavy atom. The Balaban J connectivity index is 1.40. The van der Waals surface area contributed by atoms with Gasteiger partial charge in [0.2, 0.25) is 0 Å². The maximum absolute atomic E-state index is 12.6. The third kappa shape index (κ3) is 5.05. The number of aliphatic carboxylic acids is 1. The van der Waals surface area contributed by atoms with E-state index in [0.717, 1.165) is 27.6 Å². The number of carbonyl (C=O) groups excluding carboxylic acids is 1. The van der Waals surface area contributed by atoms with Crippen molar-refractivity contribution in [3.05, 3.63) is 95.3 Å². The van der Waals surface area contributed by atoms with Crippen LogP contribution in [0.2, 0.25) is 5.02 Å². The highest BCUT2D eigenvalue weighted by atomic mass is 35.5. The summed E-state index contributed by atoms with van der Waals surface area (Å²) in [4.78, 5) is 26.9. The first-order valence-corrected chi connectivity index (χ1v) is 11.9. The molecule has 0 aliphatic rings. The van der Waals surface area contributed by atoms with E-state index < -0.39 is 18.2 Å². The van der Waals surface area contributed by atoms with Crippen LogP contribution in [0.3, 0.4) is 0 Å². The summed E-state index contributed by atoms with van der Waals surface area (Å²) in [5, 5.41) is 17.0. The molecule has 5 rings (SSSR count). The van der Waals surface area contributed by atoms with Crippen LogP contribution in [-0.2, 0) is 16.0 Å². The van der Waals surface area contributed by atoms with Crippen molar-refractivity contribution in [3.8, 4) is 22.5 Å². The lowest BCUT2D eigenvalue weighted by molar-refractivity contribution is -0.136. The van der Waals surface area contributed by atoms with E-state index in [1.54, 1.807) is 19.1 Å². The highest BCUT2D eigenvalue weighted by molar-refractivity contribution is 6.31. The zero-order valence-corrected chi connectivity index (χ0v) is 20.5.